The molecule has 0 bridgehead atoms. The Hall–Kier alpha value is -3.07. The van der Waals surface area contributed by atoms with Crippen molar-refractivity contribution in [2.45, 2.75) is 52.6 Å². The topological polar surface area (TPSA) is 96.0 Å². The maximum Gasteiger partial charge on any atom is 0.242 e. The van der Waals surface area contributed by atoms with Crippen LogP contribution >= 0.6 is 0 Å². The fourth-order valence-electron chi connectivity index (χ4n) is 3.87. The van der Waals surface area contributed by atoms with Crippen molar-refractivity contribution in [1.82, 2.24) is 10.2 Å². The summed E-state index contributed by atoms with van der Waals surface area (Å²) in [6, 6.07) is 15.8. The number of nitrogens with one attached hydrogen (secondary N) is 1. The number of likely N-dealkylation sites (N-methyl/N-ethyl adjacent to an activating group) is 1. The zero-order valence-electron chi connectivity index (χ0n) is 21.1. The molecule has 2 aromatic rings. The van der Waals surface area contributed by atoms with Crippen LogP contribution in [0.1, 0.15) is 45.6 Å². The van der Waals surface area contributed by atoms with E-state index in [0.29, 0.717) is 44.0 Å². The number of sulfonamides is 1. The van der Waals surface area contributed by atoms with Gasteiger partial charge in [-0.15, -0.1) is 0 Å². The Labute approximate surface area is 209 Å². The molecule has 0 aromatic heterocycles. The third-order valence-corrected chi connectivity index (χ3v) is 6.71. The molecule has 0 aliphatic carbocycles. The number of rotatable bonds is 14. The molecule has 0 saturated heterocycles. The minimum Gasteiger partial charge on any atom is -0.494 e. The summed E-state index contributed by atoms with van der Waals surface area (Å²) in [5, 5.41) is 2.82. The molecule has 8 nitrogen and oxygen atoms in total. The normalized spacial score (nSPS) is 12.0. The summed E-state index contributed by atoms with van der Waals surface area (Å²) in [6.07, 6.45) is 2.06. The van der Waals surface area contributed by atoms with E-state index in [9.17, 15) is 18.0 Å². The number of amides is 2. The van der Waals surface area contributed by atoms with Crippen molar-refractivity contribution in [3.8, 4) is 5.75 Å². The molecule has 0 aliphatic heterocycles. The molecule has 35 heavy (non-hydrogen) atoms. The zero-order chi connectivity index (χ0) is 25.8. The highest BCUT2D eigenvalue weighted by Gasteiger charge is 2.28. The first-order valence-corrected chi connectivity index (χ1v) is 13.9. The molecule has 0 heterocycles. The fourth-order valence-corrected chi connectivity index (χ4v) is 4.84. The van der Waals surface area contributed by atoms with Gasteiger partial charge in [0.25, 0.3) is 0 Å². The Morgan fingerprint density at radius 1 is 1.00 bits per heavy atom. The van der Waals surface area contributed by atoms with Crippen LogP contribution in [0.2, 0.25) is 0 Å². The first-order valence-electron chi connectivity index (χ1n) is 12.0. The smallest absolute Gasteiger partial charge is 0.242 e. The van der Waals surface area contributed by atoms with Gasteiger partial charge >= 0.3 is 0 Å². The van der Waals surface area contributed by atoms with E-state index in [2.05, 4.69) is 5.32 Å². The van der Waals surface area contributed by atoms with Crippen LogP contribution in [0.3, 0.4) is 0 Å². The zero-order valence-corrected chi connectivity index (χ0v) is 21.9. The van der Waals surface area contributed by atoms with Crippen molar-refractivity contribution in [3.05, 3.63) is 60.2 Å². The van der Waals surface area contributed by atoms with E-state index in [1.807, 2.05) is 51.1 Å². The average Bonchev–Trinajstić information content (AvgIpc) is 2.82. The summed E-state index contributed by atoms with van der Waals surface area (Å²) in [7, 11) is -3.55. The second kappa shape index (κ2) is 13.7. The minimum atomic E-state index is -3.55. The average molecular weight is 504 g/mol. The van der Waals surface area contributed by atoms with Crippen LogP contribution in [0.5, 0.6) is 5.75 Å². The summed E-state index contributed by atoms with van der Waals surface area (Å²) in [4.78, 5) is 27.6. The number of hydrogen-bond donors (Lipinski definition) is 1. The lowest BCUT2D eigenvalue weighted by Crippen LogP contribution is -2.49. The lowest BCUT2D eigenvalue weighted by Gasteiger charge is -2.31. The van der Waals surface area contributed by atoms with Crippen molar-refractivity contribution in [2.75, 3.05) is 30.3 Å². The number of carbonyl (C=O) groups is 2. The van der Waals surface area contributed by atoms with E-state index < -0.39 is 16.1 Å². The van der Waals surface area contributed by atoms with Gasteiger partial charge in [-0.25, -0.2) is 8.42 Å². The van der Waals surface area contributed by atoms with E-state index in [4.69, 9.17) is 4.74 Å². The van der Waals surface area contributed by atoms with E-state index in [1.165, 1.54) is 4.31 Å². The van der Waals surface area contributed by atoms with Crippen molar-refractivity contribution in [2.24, 2.45) is 0 Å². The number of nitrogens with zero attached hydrogens (tertiary/aromatic N) is 2. The summed E-state index contributed by atoms with van der Waals surface area (Å²) in [5.41, 5.74) is 1.44. The highest BCUT2D eigenvalue weighted by Crippen LogP contribution is 2.23. The van der Waals surface area contributed by atoms with Crippen LogP contribution in [-0.2, 0) is 26.2 Å². The Kier molecular flexibility index (Phi) is 11.0. The Morgan fingerprint density at radius 3 is 2.20 bits per heavy atom. The highest BCUT2D eigenvalue weighted by molar-refractivity contribution is 7.92. The molecular formula is C26H37N3O5S. The maximum atomic E-state index is 13.3. The second-order valence-corrected chi connectivity index (χ2v) is 10.1. The second-order valence-electron chi connectivity index (χ2n) is 8.19. The number of benzene rings is 2. The van der Waals surface area contributed by atoms with Crippen LogP contribution in [0.4, 0.5) is 5.69 Å². The lowest BCUT2D eigenvalue weighted by molar-refractivity contribution is -0.141. The van der Waals surface area contributed by atoms with Gasteiger partial charge in [0.2, 0.25) is 21.8 Å². The van der Waals surface area contributed by atoms with Crippen molar-refractivity contribution in [3.63, 3.8) is 0 Å². The van der Waals surface area contributed by atoms with Gasteiger partial charge in [0.15, 0.2) is 0 Å². The Morgan fingerprint density at radius 2 is 1.66 bits per heavy atom. The molecule has 2 aromatic carbocycles. The van der Waals surface area contributed by atoms with Crippen LogP contribution < -0.4 is 14.4 Å². The molecule has 9 heteroatoms. The van der Waals surface area contributed by atoms with E-state index in [1.54, 1.807) is 29.2 Å². The SMILES string of the molecule is CCNC(=O)[C@@H](CC)N(Cc1ccccc1)C(=O)CCCN(c1ccc(OCC)cc1)S(C)(=O)=O. The number of carbonyl (C=O) groups excluding carboxylic acids is 2. The number of anilines is 1. The van der Waals surface area contributed by atoms with Crippen LogP contribution in [-0.4, -0.2) is 57.1 Å². The molecule has 0 unspecified atom stereocenters. The number of hydrogen-bond acceptors (Lipinski definition) is 5. The van der Waals surface area contributed by atoms with E-state index in [-0.39, 0.29) is 24.8 Å². The molecule has 2 rings (SSSR count). The Bertz CT molecular complexity index is 1040. The maximum absolute atomic E-state index is 13.3. The first-order chi connectivity index (χ1) is 16.7. The van der Waals surface area contributed by atoms with Crippen molar-refractivity contribution >= 4 is 27.5 Å². The molecular weight excluding hydrogens is 466 g/mol. The van der Waals surface area contributed by atoms with Crippen LogP contribution in [0.25, 0.3) is 0 Å². The van der Waals surface area contributed by atoms with Gasteiger partial charge in [-0.2, -0.15) is 0 Å². The highest BCUT2D eigenvalue weighted by atomic mass is 32.2. The Balaban J connectivity index is 2.15. The van der Waals surface area contributed by atoms with Crippen LogP contribution in [0, 0.1) is 0 Å². The lowest BCUT2D eigenvalue weighted by atomic mass is 10.1. The minimum absolute atomic E-state index is 0.117. The standard InChI is InChI=1S/C26H37N3O5S/c1-5-24(26(31)27-6-2)28(20-21-12-9-8-10-13-21)25(30)14-11-19-29(35(4,32)33)22-15-17-23(18-16-22)34-7-3/h8-10,12-13,15-18,24H,5-7,11,14,19-20H2,1-4H3,(H,27,31)/t24-/m1/s1. The molecule has 1 atom stereocenters. The molecule has 192 valence electrons. The fraction of sp³-hybridized carbons (Fsp3) is 0.462. The van der Waals surface area contributed by atoms with E-state index in [0.717, 1.165) is 11.8 Å². The largest absolute Gasteiger partial charge is 0.494 e. The van der Waals surface area contributed by atoms with Gasteiger partial charge in [0.1, 0.15) is 11.8 Å². The molecule has 0 saturated carbocycles. The summed E-state index contributed by atoms with van der Waals surface area (Å²) >= 11 is 0. The van der Waals surface area contributed by atoms with Crippen LogP contribution in [0.15, 0.2) is 54.6 Å². The molecule has 1 N–H and O–H groups in total. The van der Waals surface area contributed by atoms with Gasteiger partial charge in [0, 0.05) is 26.1 Å². The van der Waals surface area contributed by atoms with Gasteiger partial charge in [-0.3, -0.25) is 13.9 Å². The monoisotopic (exact) mass is 503 g/mol. The molecule has 0 spiro atoms. The molecule has 0 radical (unpaired) electrons. The summed E-state index contributed by atoms with van der Waals surface area (Å²) in [5.74, 6) is 0.283. The van der Waals surface area contributed by atoms with Crippen molar-refractivity contribution < 1.29 is 22.7 Å². The van der Waals surface area contributed by atoms with Gasteiger partial charge in [-0.05, 0) is 56.5 Å². The molecule has 0 aliphatic rings. The predicted molar refractivity (Wildman–Crippen MR) is 139 cm³/mol. The van der Waals surface area contributed by atoms with Gasteiger partial charge in [-0.1, -0.05) is 37.3 Å². The summed E-state index contributed by atoms with van der Waals surface area (Å²) in [6.45, 7) is 7.06. The van der Waals surface area contributed by atoms with Gasteiger partial charge < -0.3 is 15.0 Å². The summed E-state index contributed by atoms with van der Waals surface area (Å²) < 4.78 is 31.6. The molecule has 2 amide bonds. The third kappa shape index (κ3) is 8.58. The molecule has 0 fully saturated rings. The third-order valence-electron chi connectivity index (χ3n) is 5.52. The number of ether oxygens (including phenoxy) is 1. The predicted octanol–water partition coefficient (Wildman–Crippen LogP) is 3.58. The van der Waals surface area contributed by atoms with Gasteiger partial charge in [0.05, 0.1) is 18.6 Å². The van der Waals surface area contributed by atoms with Crippen molar-refractivity contribution in [1.29, 1.82) is 0 Å². The first kappa shape index (κ1) is 28.2. The quantitative estimate of drug-likeness (QED) is 0.425. The van der Waals surface area contributed by atoms with E-state index >= 15 is 0 Å².